The molecule has 2 bridgehead atoms. The summed E-state index contributed by atoms with van der Waals surface area (Å²) in [6.07, 6.45) is 6.87. The highest BCUT2D eigenvalue weighted by Gasteiger charge is 2.76. The first-order valence-corrected chi connectivity index (χ1v) is 10.1. The Morgan fingerprint density at radius 3 is 2.67 bits per heavy atom. The van der Waals surface area contributed by atoms with Crippen LogP contribution < -0.4 is 0 Å². The van der Waals surface area contributed by atoms with Crippen LogP contribution in [0.25, 0.3) is 0 Å². The number of allylic oxidation sites excluding steroid dienone is 1. The first kappa shape index (κ1) is 18.7. The predicted molar refractivity (Wildman–Crippen MR) is 98.5 cm³/mol. The van der Waals surface area contributed by atoms with Crippen LogP contribution in [-0.2, 0) is 23.9 Å². The molecule has 5 heteroatoms. The molecule has 0 aromatic heterocycles. The van der Waals surface area contributed by atoms with Gasteiger partial charge in [0, 0.05) is 11.3 Å². The zero-order valence-corrected chi connectivity index (χ0v) is 16.6. The second kappa shape index (κ2) is 5.92. The second-order valence-corrected chi connectivity index (χ2v) is 9.57. The maximum Gasteiger partial charge on any atom is 0.311 e. The van der Waals surface area contributed by atoms with Crippen LogP contribution in [0.2, 0.25) is 0 Å². The minimum atomic E-state index is -0.849. The Labute approximate surface area is 160 Å². The lowest BCUT2D eigenvalue weighted by molar-refractivity contribution is -0.171. The van der Waals surface area contributed by atoms with Crippen molar-refractivity contribution < 1.29 is 23.9 Å². The van der Waals surface area contributed by atoms with Crippen LogP contribution in [0, 0.1) is 39.9 Å². The molecule has 4 aliphatic carbocycles. The lowest BCUT2D eigenvalue weighted by Crippen LogP contribution is -2.52. The number of carbonyl (C=O) groups excluding carboxylic acids is 3. The summed E-state index contributed by atoms with van der Waals surface area (Å²) in [5.74, 6) is -0.884. The molecule has 4 fully saturated rings. The summed E-state index contributed by atoms with van der Waals surface area (Å²) >= 11 is 0. The maximum absolute atomic E-state index is 13.2. The molecule has 0 N–H and O–H groups in total. The number of fused-ring (bicyclic) bond motifs is 3. The Morgan fingerprint density at radius 1 is 1.30 bits per heavy atom. The molecule has 27 heavy (non-hydrogen) atoms. The Morgan fingerprint density at radius 2 is 2.04 bits per heavy atom. The lowest BCUT2D eigenvalue weighted by Gasteiger charge is -2.49. The molecule has 3 unspecified atom stereocenters. The van der Waals surface area contributed by atoms with Crippen LogP contribution in [0.4, 0.5) is 0 Å². The number of methoxy groups -OCH3 is 2. The van der Waals surface area contributed by atoms with Gasteiger partial charge in [0.15, 0.2) is 0 Å². The molecule has 0 aromatic carbocycles. The van der Waals surface area contributed by atoms with E-state index in [0.717, 1.165) is 44.8 Å². The number of esters is 2. The van der Waals surface area contributed by atoms with E-state index in [1.807, 2.05) is 6.92 Å². The van der Waals surface area contributed by atoms with E-state index < -0.39 is 16.7 Å². The van der Waals surface area contributed by atoms with E-state index in [9.17, 15) is 14.4 Å². The number of hydrogen-bond acceptors (Lipinski definition) is 5. The van der Waals surface area contributed by atoms with Gasteiger partial charge in [-0.25, -0.2) is 0 Å². The monoisotopic (exact) mass is 382 g/mol. The van der Waals surface area contributed by atoms with E-state index in [1.165, 1.54) is 19.8 Å². The summed E-state index contributed by atoms with van der Waals surface area (Å²) in [4.78, 5) is 38.8. The third-order valence-corrected chi connectivity index (χ3v) is 8.76. The van der Waals surface area contributed by atoms with E-state index in [2.05, 4.69) is 6.58 Å². The van der Waals surface area contributed by atoms with Gasteiger partial charge in [0.2, 0.25) is 0 Å². The topological polar surface area (TPSA) is 69.7 Å². The summed E-state index contributed by atoms with van der Waals surface area (Å²) < 4.78 is 10.5. The number of ether oxygens (including phenoxy) is 2. The van der Waals surface area contributed by atoms with Gasteiger partial charge in [0.05, 0.1) is 25.6 Å². The molecule has 0 aliphatic heterocycles. The summed E-state index contributed by atoms with van der Waals surface area (Å²) in [7, 11) is 2.81. The third-order valence-electron chi connectivity index (χ3n) is 8.76. The zero-order chi connectivity index (χ0) is 19.6. The van der Waals surface area contributed by atoms with Gasteiger partial charge in [-0.3, -0.25) is 9.59 Å². The Kier molecular flexibility index (Phi) is 4.10. The molecule has 5 nitrogen and oxygen atoms in total. The molecule has 0 saturated heterocycles. The molecule has 1 spiro atoms. The summed E-state index contributed by atoms with van der Waals surface area (Å²) in [6.45, 7) is 6.19. The SMILES string of the molecule is C=C1C[C@]23CC1[14CH2]C[C@H]2C1(C=O)[14CH2]CC[C@@](C)([14C](=O)OC)C1[C@@H]3[14C](=O)OC. The van der Waals surface area contributed by atoms with Crippen LogP contribution in [0.3, 0.4) is 0 Å². The molecule has 4 saturated carbocycles. The van der Waals surface area contributed by atoms with E-state index >= 15 is 0 Å². The van der Waals surface area contributed by atoms with E-state index in [4.69, 9.17) is 9.47 Å². The van der Waals surface area contributed by atoms with Crippen molar-refractivity contribution in [2.45, 2.75) is 51.9 Å². The quantitative estimate of drug-likeness (QED) is 0.425. The molecule has 4 rings (SSSR count). The van der Waals surface area contributed by atoms with Crippen molar-refractivity contribution >= 4 is 18.2 Å². The Balaban J connectivity index is 1.96. The molecule has 7 atom stereocenters. The molecule has 148 valence electrons. The van der Waals surface area contributed by atoms with Crippen molar-refractivity contribution in [2.24, 2.45) is 39.9 Å². The van der Waals surface area contributed by atoms with Gasteiger partial charge < -0.3 is 14.3 Å². The first-order valence-electron chi connectivity index (χ1n) is 10.1. The van der Waals surface area contributed by atoms with Crippen molar-refractivity contribution in [3.05, 3.63) is 12.2 Å². The summed E-state index contributed by atoms with van der Waals surface area (Å²) in [5, 5.41) is 0. The molecule has 0 aromatic rings. The largest absolute Gasteiger partial charge is 0.469 e. The van der Waals surface area contributed by atoms with Crippen molar-refractivity contribution in [1.82, 2.24) is 0 Å². The molecular weight excluding hydrogens is 352 g/mol. The smallest absolute Gasteiger partial charge is 0.311 e. The third kappa shape index (κ3) is 2.09. The van der Waals surface area contributed by atoms with Crippen molar-refractivity contribution in [2.75, 3.05) is 14.2 Å². The van der Waals surface area contributed by atoms with E-state index in [0.29, 0.717) is 12.3 Å². The standard InChI is InChI=1S/C22H30O5/c1-13-10-22-11-14(13)6-7-15(22)21(12-23)9-5-8-20(2,19(25)27-4)17(21)16(22)18(24)26-3/h12,14-17H,1,5-11H2,2-4H3/t14?,15-,16+,17?,20+,21?,22-/m0/s1/i6+2,9+2,18+2,19+2. The fourth-order valence-electron chi connectivity index (χ4n) is 7.97. The summed E-state index contributed by atoms with van der Waals surface area (Å²) in [5.41, 5.74) is -0.613. The highest BCUT2D eigenvalue weighted by Crippen LogP contribution is 2.77. The van der Waals surface area contributed by atoms with E-state index in [-0.39, 0.29) is 29.2 Å². The van der Waals surface area contributed by atoms with Gasteiger partial charge in [-0.05, 0) is 62.7 Å². The van der Waals surface area contributed by atoms with Crippen LogP contribution in [-0.4, -0.2) is 32.4 Å². The minimum Gasteiger partial charge on any atom is -0.469 e. The average molecular weight is 382 g/mol. The van der Waals surface area contributed by atoms with Gasteiger partial charge in [0.1, 0.15) is 6.29 Å². The van der Waals surface area contributed by atoms with Crippen LogP contribution >= 0.6 is 0 Å². The number of rotatable bonds is 3. The molecule has 0 amide bonds. The predicted octanol–water partition coefficient (Wildman–Crippen LogP) is 3.32. The number of carbonyl (C=O) groups is 3. The van der Waals surface area contributed by atoms with Crippen molar-refractivity contribution in [1.29, 1.82) is 0 Å². The minimum absolute atomic E-state index is 0.108. The van der Waals surface area contributed by atoms with Gasteiger partial charge in [-0.2, -0.15) is 0 Å². The molecule has 4 aliphatic rings. The summed E-state index contributed by atoms with van der Waals surface area (Å²) in [6, 6.07) is 0. The molecule has 0 heterocycles. The van der Waals surface area contributed by atoms with Gasteiger partial charge in [-0.15, -0.1) is 0 Å². The van der Waals surface area contributed by atoms with Gasteiger partial charge >= 0.3 is 11.9 Å². The van der Waals surface area contributed by atoms with Crippen LogP contribution in [0.1, 0.15) is 51.9 Å². The van der Waals surface area contributed by atoms with Crippen molar-refractivity contribution in [3.63, 3.8) is 0 Å². The van der Waals surface area contributed by atoms with Gasteiger partial charge in [-0.1, -0.05) is 18.6 Å². The Hall–Kier alpha value is -1.65. The normalized spacial score (nSPS) is 47.7. The highest BCUT2D eigenvalue weighted by atomic mass is 16.8. The highest BCUT2D eigenvalue weighted by molar-refractivity contribution is 5.84. The molecular formula is C22H30O5. The number of hydrogen-bond donors (Lipinski definition) is 0. The van der Waals surface area contributed by atoms with Gasteiger partial charge in [0.25, 0.3) is 0 Å². The fraction of sp³-hybridized carbons (Fsp3) is 0.773. The van der Waals surface area contributed by atoms with Crippen LogP contribution in [0.15, 0.2) is 12.2 Å². The Bertz CT molecular complexity index is 713. The van der Waals surface area contributed by atoms with Crippen LogP contribution in [0.5, 0.6) is 0 Å². The zero-order valence-electron chi connectivity index (χ0n) is 16.6. The number of aldehydes is 1. The van der Waals surface area contributed by atoms with E-state index in [1.54, 1.807) is 0 Å². The fourth-order valence-corrected chi connectivity index (χ4v) is 7.97. The molecule has 0 radical (unpaired) electrons. The van der Waals surface area contributed by atoms with Crippen molar-refractivity contribution in [3.8, 4) is 0 Å². The maximum atomic E-state index is 13.2. The second-order valence-electron chi connectivity index (χ2n) is 9.57. The first-order chi connectivity index (χ1) is 12.8. The lowest BCUT2D eigenvalue weighted by atomic mass is 9.66. The average Bonchev–Trinajstić information content (AvgIpc) is 3.08.